The zero-order chi connectivity index (χ0) is 14.7. The Balaban J connectivity index is 1.87. The van der Waals surface area contributed by atoms with Crippen LogP contribution in [0.4, 0.5) is 11.4 Å². The molecular formula is C16H13N3O2. The first-order valence-corrected chi connectivity index (χ1v) is 6.43. The smallest absolute Gasteiger partial charge is 0.337 e. The molecule has 2 N–H and O–H groups in total. The molecule has 0 saturated carbocycles. The second-order valence-corrected chi connectivity index (χ2v) is 4.48. The summed E-state index contributed by atoms with van der Waals surface area (Å²) in [5.41, 5.74) is 2.44. The van der Waals surface area contributed by atoms with E-state index < -0.39 is 5.97 Å². The van der Waals surface area contributed by atoms with Gasteiger partial charge in [-0.2, -0.15) is 5.10 Å². The molecule has 0 aliphatic rings. The monoisotopic (exact) mass is 279 g/mol. The maximum absolute atomic E-state index is 11.2. The number of carbonyl (C=O) groups is 1. The second-order valence-electron chi connectivity index (χ2n) is 4.48. The SMILES string of the molecule is O=C(O)c1ccccc1Nc1cnn(-c2ccccc2)c1. The van der Waals surface area contributed by atoms with E-state index in [-0.39, 0.29) is 5.56 Å². The Morgan fingerprint density at radius 1 is 1.05 bits per heavy atom. The van der Waals surface area contributed by atoms with Crippen molar-refractivity contribution in [2.45, 2.75) is 0 Å². The van der Waals surface area contributed by atoms with Crippen LogP contribution in [0.15, 0.2) is 67.0 Å². The van der Waals surface area contributed by atoms with Gasteiger partial charge in [-0.1, -0.05) is 30.3 Å². The average molecular weight is 279 g/mol. The first kappa shape index (κ1) is 12.9. The van der Waals surface area contributed by atoms with Crippen molar-refractivity contribution < 1.29 is 9.90 Å². The third-order valence-electron chi connectivity index (χ3n) is 3.04. The van der Waals surface area contributed by atoms with Gasteiger partial charge in [0.05, 0.1) is 35.0 Å². The first-order valence-electron chi connectivity index (χ1n) is 6.43. The summed E-state index contributed by atoms with van der Waals surface area (Å²) in [4.78, 5) is 11.2. The van der Waals surface area contributed by atoms with E-state index in [9.17, 15) is 4.79 Å². The van der Waals surface area contributed by atoms with Crippen LogP contribution in [0, 0.1) is 0 Å². The Morgan fingerprint density at radius 2 is 1.76 bits per heavy atom. The number of para-hydroxylation sites is 2. The van der Waals surface area contributed by atoms with Crippen molar-refractivity contribution in [3.63, 3.8) is 0 Å². The standard InChI is InChI=1S/C16H13N3O2/c20-16(21)14-8-4-5-9-15(14)18-12-10-17-19(11-12)13-6-2-1-3-7-13/h1-11,18H,(H,20,21). The van der Waals surface area contributed by atoms with Crippen molar-refractivity contribution in [1.29, 1.82) is 0 Å². The van der Waals surface area contributed by atoms with Gasteiger partial charge in [0, 0.05) is 0 Å². The predicted molar refractivity (Wildman–Crippen MR) is 80.2 cm³/mol. The van der Waals surface area contributed by atoms with E-state index in [1.165, 1.54) is 0 Å². The highest BCUT2D eigenvalue weighted by Crippen LogP contribution is 2.21. The summed E-state index contributed by atoms with van der Waals surface area (Å²) in [5, 5.41) is 16.5. The number of benzene rings is 2. The highest BCUT2D eigenvalue weighted by Gasteiger charge is 2.09. The molecule has 0 fully saturated rings. The van der Waals surface area contributed by atoms with E-state index >= 15 is 0 Å². The molecule has 1 heterocycles. The van der Waals surface area contributed by atoms with Crippen LogP contribution in [0.2, 0.25) is 0 Å². The van der Waals surface area contributed by atoms with Crippen molar-refractivity contribution in [2.24, 2.45) is 0 Å². The number of hydrogen-bond acceptors (Lipinski definition) is 3. The highest BCUT2D eigenvalue weighted by molar-refractivity contribution is 5.95. The van der Waals surface area contributed by atoms with Gasteiger partial charge in [0.15, 0.2) is 0 Å². The lowest BCUT2D eigenvalue weighted by Crippen LogP contribution is -2.01. The first-order chi connectivity index (χ1) is 10.2. The summed E-state index contributed by atoms with van der Waals surface area (Å²) in [5.74, 6) is -0.964. The molecule has 0 radical (unpaired) electrons. The van der Waals surface area contributed by atoms with E-state index in [1.807, 2.05) is 36.5 Å². The van der Waals surface area contributed by atoms with Crippen LogP contribution in [-0.2, 0) is 0 Å². The summed E-state index contributed by atoms with van der Waals surface area (Å²) >= 11 is 0. The number of hydrogen-bond donors (Lipinski definition) is 2. The van der Waals surface area contributed by atoms with Gasteiger partial charge in [-0.15, -0.1) is 0 Å². The molecule has 0 atom stereocenters. The zero-order valence-corrected chi connectivity index (χ0v) is 11.1. The third-order valence-corrected chi connectivity index (χ3v) is 3.04. The molecular weight excluding hydrogens is 266 g/mol. The molecule has 2 aromatic carbocycles. The minimum absolute atomic E-state index is 0.227. The predicted octanol–water partition coefficient (Wildman–Crippen LogP) is 3.31. The molecule has 0 unspecified atom stereocenters. The summed E-state index contributed by atoms with van der Waals surface area (Å²) in [7, 11) is 0. The van der Waals surface area contributed by atoms with Gasteiger partial charge in [-0.05, 0) is 24.3 Å². The average Bonchev–Trinajstić information content (AvgIpc) is 2.97. The lowest BCUT2D eigenvalue weighted by Gasteiger charge is -2.06. The van der Waals surface area contributed by atoms with Gasteiger partial charge >= 0.3 is 5.97 Å². The number of aromatic nitrogens is 2. The summed E-state index contributed by atoms with van der Waals surface area (Å²) in [6.07, 6.45) is 3.47. The lowest BCUT2D eigenvalue weighted by atomic mass is 10.2. The van der Waals surface area contributed by atoms with Gasteiger partial charge in [0.2, 0.25) is 0 Å². The quantitative estimate of drug-likeness (QED) is 0.768. The molecule has 5 heteroatoms. The molecule has 21 heavy (non-hydrogen) atoms. The Hall–Kier alpha value is -3.08. The van der Waals surface area contributed by atoms with Crippen LogP contribution < -0.4 is 5.32 Å². The van der Waals surface area contributed by atoms with Crippen LogP contribution in [0.5, 0.6) is 0 Å². The van der Waals surface area contributed by atoms with Gasteiger partial charge in [-0.25, -0.2) is 9.48 Å². The highest BCUT2D eigenvalue weighted by atomic mass is 16.4. The van der Waals surface area contributed by atoms with Crippen LogP contribution in [0.1, 0.15) is 10.4 Å². The maximum atomic E-state index is 11.2. The van der Waals surface area contributed by atoms with Crippen molar-refractivity contribution in [1.82, 2.24) is 9.78 Å². The number of aromatic carboxylic acids is 1. The molecule has 1 aromatic heterocycles. The molecule has 0 bridgehead atoms. The second kappa shape index (κ2) is 5.50. The lowest BCUT2D eigenvalue weighted by molar-refractivity contribution is 0.0698. The maximum Gasteiger partial charge on any atom is 0.337 e. The van der Waals surface area contributed by atoms with E-state index in [0.717, 1.165) is 11.4 Å². The minimum atomic E-state index is -0.964. The Morgan fingerprint density at radius 3 is 2.52 bits per heavy atom. The number of carboxylic acid groups (broad SMARTS) is 1. The summed E-state index contributed by atoms with van der Waals surface area (Å²) < 4.78 is 1.73. The largest absolute Gasteiger partial charge is 0.478 e. The fraction of sp³-hybridized carbons (Fsp3) is 0. The van der Waals surface area contributed by atoms with Crippen molar-refractivity contribution >= 4 is 17.3 Å². The van der Waals surface area contributed by atoms with E-state index in [2.05, 4.69) is 10.4 Å². The fourth-order valence-corrected chi connectivity index (χ4v) is 2.04. The number of anilines is 2. The molecule has 0 amide bonds. The van der Waals surface area contributed by atoms with Crippen molar-refractivity contribution in [3.05, 3.63) is 72.6 Å². The minimum Gasteiger partial charge on any atom is -0.478 e. The topological polar surface area (TPSA) is 67.2 Å². The van der Waals surface area contributed by atoms with Crippen LogP contribution in [-0.4, -0.2) is 20.9 Å². The molecule has 3 rings (SSSR count). The van der Waals surface area contributed by atoms with E-state index in [1.54, 1.807) is 35.1 Å². The molecule has 0 aliphatic heterocycles. The molecule has 0 aliphatic carbocycles. The zero-order valence-electron chi connectivity index (χ0n) is 11.1. The van der Waals surface area contributed by atoms with Crippen molar-refractivity contribution in [3.8, 4) is 5.69 Å². The Kier molecular flexibility index (Phi) is 3.39. The number of rotatable bonds is 4. The molecule has 0 saturated heterocycles. The van der Waals surface area contributed by atoms with Gasteiger partial charge in [0.25, 0.3) is 0 Å². The van der Waals surface area contributed by atoms with E-state index in [4.69, 9.17) is 5.11 Å². The summed E-state index contributed by atoms with van der Waals surface area (Å²) in [6.45, 7) is 0. The Bertz CT molecular complexity index is 766. The van der Waals surface area contributed by atoms with Gasteiger partial charge in [-0.3, -0.25) is 0 Å². The van der Waals surface area contributed by atoms with Gasteiger partial charge in [0.1, 0.15) is 0 Å². The van der Waals surface area contributed by atoms with Crippen molar-refractivity contribution in [2.75, 3.05) is 5.32 Å². The fourth-order valence-electron chi connectivity index (χ4n) is 2.04. The summed E-state index contributed by atoms with van der Waals surface area (Å²) in [6, 6.07) is 16.5. The van der Waals surface area contributed by atoms with E-state index in [0.29, 0.717) is 5.69 Å². The molecule has 0 spiro atoms. The Labute approximate surface area is 121 Å². The van der Waals surface area contributed by atoms with Crippen LogP contribution in [0.3, 0.4) is 0 Å². The van der Waals surface area contributed by atoms with Crippen LogP contribution in [0.25, 0.3) is 5.69 Å². The molecule has 3 aromatic rings. The van der Waals surface area contributed by atoms with Gasteiger partial charge < -0.3 is 10.4 Å². The molecule has 5 nitrogen and oxygen atoms in total. The normalized spacial score (nSPS) is 10.3. The van der Waals surface area contributed by atoms with Crippen LogP contribution >= 0.6 is 0 Å². The number of nitrogens with one attached hydrogen (secondary N) is 1. The molecule has 104 valence electrons. The number of carboxylic acids is 1. The third kappa shape index (κ3) is 2.76. The number of nitrogens with zero attached hydrogens (tertiary/aromatic N) is 2.